The third-order valence-electron chi connectivity index (χ3n) is 4.04. The monoisotopic (exact) mass is 435 g/mol. The van der Waals surface area contributed by atoms with Crippen LogP contribution in [0.2, 0.25) is 15.1 Å². The third kappa shape index (κ3) is 5.10. The maximum atomic E-state index is 11.2. The number of hydrogen-bond donors (Lipinski definition) is 2. The van der Waals surface area contributed by atoms with E-state index >= 15 is 0 Å². The van der Waals surface area contributed by atoms with Gasteiger partial charge in [-0.2, -0.15) is 0 Å². The van der Waals surface area contributed by atoms with Gasteiger partial charge in [0.25, 0.3) is 0 Å². The molecule has 0 heterocycles. The second kappa shape index (κ2) is 9.20. The predicted molar refractivity (Wildman–Crippen MR) is 113 cm³/mol. The van der Waals surface area contributed by atoms with Crippen LogP contribution in [-0.4, -0.2) is 11.1 Å². The number of ether oxygens (including phenoxy) is 1. The molecule has 0 saturated carbocycles. The Kier molecular flexibility index (Phi) is 6.68. The molecule has 144 valence electrons. The van der Waals surface area contributed by atoms with Crippen LogP contribution in [0.1, 0.15) is 21.5 Å². The van der Waals surface area contributed by atoms with Crippen LogP contribution in [0.4, 0.5) is 5.69 Å². The van der Waals surface area contributed by atoms with Crippen LogP contribution in [0, 0.1) is 0 Å². The van der Waals surface area contributed by atoms with Gasteiger partial charge in [0.15, 0.2) is 0 Å². The Morgan fingerprint density at radius 3 is 2.46 bits per heavy atom. The first-order valence-electron chi connectivity index (χ1n) is 8.35. The molecule has 0 amide bonds. The van der Waals surface area contributed by atoms with Crippen LogP contribution < -0.4 is 10.1 Å². The highest BCUT2D eigenvalue weighted by Gasteiger charge is 2.11. The van der Waals surface area contributed by atoms with E-state index in [1.165, 1.54) is 6.07 Å². The number of aromatic carboxylic acids is 1. The fourth-order valence-electron chi connectivity index (χ4n) is 2.59. The summed E-state index contributed by atoms with van der Waals surface area (Å²) < 4.78 is 5.93. The van der Waals surface area contributed by atoms with Crippen LogP contribution in [0.15, 0.2) is 60.7 Å². The highest BCUT2D eigenvalue weighted by atomic mass is 35.5. The quantitative estimate of drug-likeness (QED) is 0.442. The lowest BCUT2D eigenvalue weighted by atomic mass is 10.1. The Labute approximate surface area is 177 Å². The molecular weight excluding hydrogens is 421 g/mol. The maximum absolute atomic E-state index is 11.2. The largest absolute Gasteiger partial charge is 0.488 e. The summed E-state index contributed by atoms with van der Waals surface area (Å²) in [6.07, 6.45) is 0. The van der Waals surface area contributed by atoms with E-state index in [9.17, 15) is 9.90 Å². The van der Waals surface area contributed by atoms with Gasteiger partial charge in [-0.25, -0.2) is 4.79 Å². The van der Waals surface area contributed by atoms with Gasteiger partial charge < -0.3 is 15.2 Å². The molecule has 0 radical (unpaired) electrons. The Bertz CT molecular complexity index is 1010. The lowest BCUT2D eigenvalue weighted by molar-refractivity contribution is 0.0697. The SMILES string of the molecule is O=C(O)c1cc(NCc2cc(Cl)ccc2OCc2ccccc2Cl)ccc1Cl. The normalized spacial score (nSPS) is 10.5. The van der Waals surface area contributed by atoms with E-state index in [4.69, 9.17) is 39.5 Å². The summed E-state index contributed by atoms with van der Waals surface area (Å²) in [6, 6.07) is 17.5. The molecule has 0 saturated heterocycles. The molecular formula is C21H16Cl3NO3. The van der Waals surface area contributed by atoms with Crippen molar-refractivity contribution in [2.75, 3.05) is 5.32 Å². The molecule has 0 unspecified atom stereocenters. The van der Waals surface area contributed by atoms with Crippen molar-refractivity contribution in [2.45, 2.75) is 13.2 Å². The van der Waals surface area contributed by atoms with Crippen molar-refractivity contribution in [2.24, 2.45) is 0 Å². The topological polar surface area (TPSA) is 58.6 Å². The molecule has 3 aromatic carbocycles. The number of nitrogens with one attached hydrogen (secondary N) is 1. The maximum Gasteiger partial charge on any atom is 0.337 e. The van der Waals surface area contributed by atoms with E-state index in [0.29, 0.717) is 34.6 Å². The number of carboxylic acid groups (broad SMARTS) is 1. The molecule has 3 rings (SSSR count). The molecule has 4 nitrogen and oxygen atoms in total. The third-order valence-corrected chi connectivity index (χ3v) is 4.98. The molecule has 0 aliphatic rings. The molecule has 0 aromatic heterocycles. The molecule has 0 aliphatic heterocycles. The van der Waals surface area contributed by atoms with Crippen LogP contribution in [0.3, 0.4) is 0 Å². The first kappa shape index (κ1) is 20.3. The number of halogens is 3. The Hall–Kier alpha value is -2.40. The first-order valence-corrected chi connectivity index (χ1v) is 9.49. The zero-order chi connectivity index (χ0) is 20.1. The van der Waals surface area contributed by atoms with E-state index in [0.717, 1.165) is 11.1 Å². The van der Waals surface area contributed by atoms with E-state index in [1.807, 2.05) is 24.3 Å². The summed E-state index contributed by atoms with van der Waals surface area (Å²) in [5.41, 5.74) is 2.36. The van der Waals surface area contributed by atoms with Gasteiger partial charge in [0.05, 0.1) is 10.6 Å². The molecule has 2 N–H and O–H groups in total. The zero-order valence-electron chi connectivity index (χ0n) is 14.6. The molecule has 3 aromatic rings. The fourth-order valence-corrected chi connectivity index (χ4v) is 3.18. The van der Waals surface area contributed by atoms with Crippen molar-refractivity contribution < 1.29 is 14.6 Å². The molecule has 7 heteroatoms. The van der Waals surface area contributed by atoms with Crippen LogP contribution >= 0.6 is 34.8 Å². The van der Waals surface area contributed by atoms with Gasteiger partial charge in [0, 0.05) is 33.4 Å². The Morgan fingerprint density at radius 2 is 1.71 bits per heavy atom. The lowest BCUT2D eigenvalue weighted by Crippen LogP contribution is -2.05. The van der Waals surface area contributed by atoms with Crippen molar-refractivity contribution in [3.05, 3.63) is 92.4 Å². The van der Waals surface area contributed by atoms with Gasteiger partial charge in [-0.15, -0.1) is 0 Å². The van der Waals surface area contributed by atoms with Crippen molar-refractivity contribution >= 4 is 46.5 Å². The van der Waals surface area contributed by atoms with Gasteiger partial charge in [-0.3, -0.25) is 0 Å². The summed E-state index contributed by atoms with van der Waals surface area (Å²) in [5.74, 6) is -0.426. The second-order valence-corrected chi connectivity index (χ2v) is 7.24. The van der Waals surface area contributed by atoms with Gasteiger partial charge in [-0.05, 0) is 42.5 Å². The van der Waals surface area contributed by atoms with Crippen LogP contribution in [0.5, 0.6) is 5.75 Å². The summed E-state index contributed by atoms with van der Waals surface area (Å²) in [7, 11) is 0. The number of anilines is 1. The highest BCUT2D eigenvalue weighted by Crippen LogP contribution is 2.27. The fraction of sp³-hybridized carbons (Fsp3) is 0.0952. The van der Waals surface area contributed by atoms with Crippen molar-refractivity contribution in [1.82, 2.24) is 0 Å². The summed E-state index contributed by atoms with van der Waals surface area (Å²) >= 11 is 18.2. The summed E-state index contributed by atoms with van der Waals surface area (Å²) in [4.78, 5) is 11.2. The molecule has 0 bridgehead atoms. The van der Waals surface area contributed by atoms with Crippen LogP contribution in [-0.2, 0) is 13.2 Å². The molecule has 0 fully saturated rings. The molecule has 28 heavy (non-hydrogen) atoms. The van der Waals surface area contributed by atoms with E-state index in [1.54, 1.807) is 30.3 Å². The highest BCUT2D eigenvalue weighted by molar-refractivity contribution is 6.33. The minimum atomic E-state index is -1.08. The molecule has 0 atom stereocenters. The van der Waals surface area contributed by atoms with Gasteiger partial charge in [0.2, 0.25) is 0 Å². The average Bonchev–Trinajstić information content (AvgIpc) is 2.67. The van der Waals surface area contributed by atoms with Gasteiger partial charge in [0.1, 0.15) is 12.4 Å². The Balaban J connectivity index is 1.75. The van der Waals surface area contributed by atoms with Crippen molar-refractivity contribution in [3.8, 4) is 5.75 Å². The average molecular weight is 437 g/mol. The smallest absolute Gasteiger partial charge is 0.337 e. The standard InChI is InChI=1S/C21H16Cl3NO3/c22-15-5-8-20(28-12-13-3-1-2-4-18(13)23)14(9-15)11-25-16-6-7-19(24)17(10-16)21(26)27/h1-10,25H,11-12H2,(H,26,27). The van der Waals surface area contributed by atoms with Crippen molar-refractivity contribution in [3.63, 3.8) is 0 Å². The number of carbonyl (C=O) groups is 1. The summed E-state index contributed by atoms with van der Waals surface area (Å²) in [5, 5.41) is 13.8. The number of carboxylic acids is 1. The Morgan fingerprint density at radius 1 is 0.929 bits per heavy atom. The number of rotatable bonds is 7. The zero-order valence-corrected chi connectivity index (χ0v) is 16.9. The lowest BCUT2D eigenvalue weighted by Gasteiger charge is -2.14. The number of benzene rings is 3. The first-order chi connectivity index (χ1) is 13.4. The summed E-state index contributed by atoms with van der Waals surface area (Å²) in [6.45, 7) is 0.706. The molecule has 0 spiro atoms. The van der Waals surface area contributed by atoms with E-state index in [-0.39, 0.29) is 10.6 Å². The van der Waals surface area contributed by atoms with Crippen LogP contribution in [0.25, 0.3) is 0 Å². The molecule has 0 aliphatic carbocycles. The second-order valence-electron chi connectivity index (χ2n) is 5.99. The predicted octanol–water partition coefficient (Wildman–Crippen LogP) is 6.54. The number of hydrogen-bond acceptors (Lipinski definition) is 3. The van der Waals surface area contributed by atoms with E-state index < -0.39 is 5.97 Å². The van der Waals surface area contributed by atoms with Crippen molar-refractivity contribution in [1.29, 1.82) is 0 Å². The minimum absolute atomic E-state index is 0.0351. The van der Waals surface area contributed by atoms with Gasteiger partial charge in [-0.1, -0.05) is 53.0 Å². The minimum Gasteiger partial charge on any atom is -0.488 e. The van der Waals surface area contributed by atoms with Gasteiger partial charge >= 0.3 is 5.97 Å². The van der Waals surface area contributed by atoms with E-state index in [2.05, 4.69) is 5.32 Å².